The van der Waals surface area contributed by atoms with E-state index in [9.17, 15) is 9.59 Å². The third-order valence-electron chi connectivity index (χ3n) is 3.59. The van der Waals surface area contributed by atoms with Crippen LogP contribution >= 0.6 is 0 Å². The zero-order chi connectivity index (χ0) is 13.0. The van der Waals surface area contributed by atoms with Crippen LogP contribution in [0.4, 0.5) is 0 Å². The first-order chi connectivity index (χ1) is 8.02. The topological polar surface area (TPSA) is 55.8 Å². The monoisotopic (exact) mass is 243 g/mol. The normalized spacial score (nSPS) is 24.1. The van der Waals surface area contributed by atoms with Crippen molar-refractivity contribution in [1.29, 1.82) is 0 Å². The fraction of sp³-hybridized carbons (Fsp3) is 0.833. The molecular weight excluding hydrogens is 222 g/mol. The molecule has 17 heavy (non-hydrogen) atoms. The number of carbonyl (C=O) groups excluding carboxylic acids is 2. The highest BCUT2D eigenvalue weighted by Gasteiger charge is 2.38. The molecule has 1 fully saturated rings. The number of ether oxygens (including phenoxy) is 2. The fourth-order valence-corrected chi connectivity index (χ4v) is 2.34. The summed E-state index contributed by atoms with van der Waals surface area (Å²) in [4.78, 5) is 25.1. The van der Waals surface area contributed by atoms with E-state index in [2.05, 4.69) is 0 Å². The molecule has 1 aliphatic rings. The van der Waals surface area contributed by atoms with Gasteiger partial charge in [-0.05, 0) is 26.3 Å². The van der Waals surface area contributed by atoms with E-state index in [1.807, 2.05) is 18.7 Å². The molecule has 0 N–H and O–H groups in total. The maximum atomic E-state index is 11.6. The number of hydrogen-bond acceptors (Lipinski definition) is 5. The minimum absolute atomic E-state index is 0.0194. The molecule has 98 valence electrons. The Kier molecular flexibility index (Phi) is 4.93. The second-order valence-corrected chi connectivity index (χ2v) is 4.47. The fourth-order valence-electron chi connectivity index (χ4n) is 2.34. The predicted molar refractivity (Wildman–Crippen MR) is 62.4 cm³/mol. The molecule has 1 rings (SSSR count). The Morgan fingerprint density at radius 2 is 1.88 bits per heavy atom. The Morgan fingerprint density at radius 3 is 2.41 bits per heavy atom. The molecular formula is C12H21NO4. The summed E-state index contributed by atoms with van der Waals surface area (Å²) in [7, 11) is 2.78. The van der Waals surface area contributed by atoms with Gasteiger partial charge in [0.15, 0.2) is 0 Å². The van der Waals surface area contributed by atoms with Gasteiger partial charge in [0.2, 0.25) is 0 Å². The molecule has 1 aliphatic heterocycles. The molecule has 0 aromatic heterocycles. The maximum absolute atomic E-state index is 11.6. The van der Waals surface area contributed by atoms with Gasteiger partial charge in [0, 0.05) is 6.04 Å². The van der Waals surface area contributed by atoms with E-state index in [4.69, 9.17) is 9.47 Å². The van der Waals surface area contributed by atoms with E-state index in [1.165, 1.54) is 14.2 Å². The summed E-state index contributed by atoms with van der Waals surface area (Å²) in [5.74, 6) is -0.704. The molecule has 0 spiro atoms. The lowest BCUT2D eigenvalue weighted by Gasteiger charge is -2.31. The number of methoxy groups -OCH3 is 2. The number of rotatable bonds is 4. The van der Waals surface area contributed by atoms with Crippen LogP contribution in [0, 0.1) is 5.92 Å². The van der Waals surface area contributed by atoms with E-state index in [0.29, 0.717) is 0 Å². The Balaban J connectivity index is 2.70. The zero-order valence-corrected chi connectivity index (χ0v) is 10.9. The first-order valence-corrected chi connectivity index (χ1v) is 5.94. The van der Waals surface area contributed by atoms with Gasteiger partial charge < -0.3 is 9.47 Å². The highest BCUT2D eigenvalue weighted by atomic mass is 16.5. The van der Waals surface area contributed by atoms with E-state index in [0.717, 1.165) is 19.4 Å². The van der Waals surface area contributed by atoms with Gasteiger partial charge in [-0.2, -0.15) is 0 Å². The SMILES string of the molecule is COC(=O)C(C)C(C)N1CCCC1C(=O)OC. The van der Waals surface area contributed by atoms with Gasteiger partial charge in [-0.15, -0.1) is 0 Å². The summed E-state index contributed by atoms with van der Waals surface area (Å²) in [6.07, 6.45) is 1.75. The van der Waals surface area contributed by atoms with Crippen molar-refractivity contribution in [2.45, 2.75) is 38.8 Å². The van der Waals surface area contributed by atoms with Crippen molar-refractivity contribution in [2.24, 2.45) is 5.92 Å². The van der Waals surface area contributed by atoms with Crippen molar-refractivity contribution in [3.8, 4) is 0 Å². The van der Waals surface area contributed by atoms with Crippen LogP contribution in [-0.2, 0) is 19.1 Å². The summed E-state index contributed by atoms with van der Waals surface area (Å²) in [5.41, 5.74) is 0. The molecule has 0 amide bonds. The van der Waals surface area contributed by atoms with Crippen LogP contribution in [0.3, 0.4) is 0 Å². The number of carbonyl (C=O) groups is 2. The molecule has 5 heteroatoms. The Labute approximate surface area is 102 Å². The summed E-state index contributed by atoms with van der Waals surface area (Å²) < 4.78 is 9.52. The molecule has 5 nitrogen and oxygen atoms in total. The Morgan fingerprint density at radius 1 is 1.24 bits per heavy atom. The summed E-state index contributed by atoms with van der Waals surface area (Å²) >= 11 is 0. The van der Waals surface area contributed by atoms with Crippen molar-refractivity contribution in [2.75, 3.05) is 20.8 Å². The van der Waals surface area contributed by atoms with Crippen LogP contribution in [0.5, 0.6) is 0 Å². The predicted octanol–water partition coefficient (Wildman–Crippen LogP) is 0.821. The van der Waals surface area contributed by atoms with Crippen molar-refractivity contribution in [1.82, 2.24) is 4.90 Å². The third-order valence-corrected chi connectivity index (χ3v) is 3.59. The molecule has 0 radical (unpaired) electrons. The first-order valence-electron chi connectivity index (χ1n) is 5.94. The van der Waals surface area contributed by atoms with Gasteiger partial charge >= 0.3 is 11.9 Å². The zero-order valence-electron chi connectivity index (χ0n) is 10.9. The molecule has 0 aromatic carbocycles. The van der Waals surface area contributed by atoms with Crippen LogP contribution in [0.2, 0.25) is 0 Å². The van der Waals surface area contributed by atoms with Gasteiger partial charge in [0.25, 0.3) is 0 Å². The summed E-state index contributed by atoms with van der Waals surface area (Å²) in [5, 5.41) is 0. The van der Waals surface area contributed by atoms with Gasteiger partial charge in [0.1, 0.15) is 6.04 Å². The molecule has 1 heterocycles. The lowest BCUT2D eigenvalue weighted by atomic mass is 10.0. The van der Waals surface area contributed by atoms with Crippen LogP contribution in [0.1, 0.15) is 26.7 Å². The highest BCUT2D eigenvalue weighted by molar-refractivity contribution is 5.76. The molecule has 1 saturated heterocycles. The number of nitrogens with zero attached hydrogens (tertiary/aromatic N) is 1. The smallest absolute Gasteiger partial charge is 0.323 e. The van der Waals surface area contributed by atoms with Crippen LogP contribution in [-0.4, -0.2) is 49.7 Å². The van der Waals surface area contributed by atoms with Crippen LogP contribution < -0.4 is 0 Å². The molecule has 0 aromatic rings. The molecule has 0 bridgehead atoms. The van der Waals surface area contributed by atoms with E-state index >= 15 is 0 Å². The second kappa shape index (κ2) is 6.00. The summed E-state index contributed by atoms with van der Waals surface area (Å²) in [6.45, 7) is 4.59. The molecule has 0 saturated carbocycles. The average molecular weight is 243 g/mol. The van der Waals surface area contributed by atoms with Crippen molar-refractivity contribution < 1.29 is 19.1 Å². The quantitative estimate of drug-likeness (QED) is 0.684. The summed E-state index contributed by atoms with van der Waals surface area (Å²) in [6, 6.07) is -0.240. The van der Waals surface area contributed by atoms with E-state index < -0.39 is 0 Å². The van der Waals surface area contributed by atoms with Gasteiger partial charge in [0.05, 0.1) is 20.1 Å². The van der Waals surface area contributed by atoms with Gasteiger partial charge in [-0.3, -0.25) is 14.5 Å². The van der Waals surface area contributed by atoms with E-state index in [1.54, 1.807) is 0 Å². The van der Waals surface area contributed by atoms with Gasteiger partial charge in [-0.1, -0.05) is 6.92 Å². The molecule has 0 aliphatic carbocycles. The van der Waals surface area contributed by atoms with Crippen LogP contribution in [0.15, 0.2) is 0 Å². The highest BCUT2D eigenvalue weighted by Crippen LogP contribution is 2.25. The van der Waals surface area contributed by atoms with Crippen molar-refractivity contribution in [3.05, 3.63) is 0 Å². The van der Waals surface area contributed by atoms with Gasteiger partial charge in [-0.25, -0.2) is 0 Å². The minimum Gasteiger partial charge on any atom is -0.469 e. The maximum Gasteiger partial charge on any atom is 0.323 e. The standard InChI is InChI=1S/C12H21NO4/c1-8(11(14)16-3)9(2)13-7-5-6-10(13)12(15)17-4/h8-10H,5-7H2,1-4H3. The molecule has 3 unspecified atom stereocenters. The Hall–Kier alpha value is -1.10. The largest absolute Gasteiger partial charge is 0.469 e. The number of likely N-dealkylation sites (tertiary alicyclic amines) is 1. The lowest BCUT2D eigenvalue weighted by Crippen LogP contribution is -2.47. The van der Waals surface area contributed by atoms with Crippen LogP contribution in [0.25, 0.3) is 0 Å². The first kappa shape index (κ1) is 14.0. The minimum atomic E-state index is -0.245. The second-order valence-electron chi connectivity index (χ2n) is 4.47. The number of esters is 2. The Bertz CT molecular complexity index is 292. The van der Waals surface area contributed by atoms with Crippen molar-refractivity contribution in [3.63, 3.8) is 0 Å². The average Bonchev–Trinajstić information content (AvgIpc) is 2.83. The number of hydrogen-bond donors (Lipinski definition) is 0. The molecule has 3 atom stereocenters. The van der Waals surface area contributed by atoms with Crippen molar-refractivity contribution >= 4 is 11.9 Å². The lowest BCUT2D eigenvalue weighted by molar-refractivity contribution is -0.152. The third kappa shape index (κ3) is 2.97. The van der Waals surface area contributed by atoms with E-state index in [-0.39, 0.29) is 29.9 Å².